The Morgan fingerprint density at radius 1 is 0.980 bits per heavy atom. The minimum absolute atomic E-state index is 0.0477. The molecule has 0 bridgehead atoms. The van der Waals surface area contributed by atoms with Crippen molar-refractivity contribution in [3.63, 3.8) is 0 Å². The van der Waals surface area contributed by atoms with Gasteiger partial charge in [0.2, 0.25) is 15.9 Å². The highest BCUT2D eigenvalue weighted by Gasteiger charge is 2.59. The summed E-state index contributed by atoms with van der Waals surface area (Å²) in [5, 5.41) is 1.17. The number of hydrogen-bond donors (Lipinski definition) is 1. The molecule has 0 radical (unpaired) electrons. The summed E-state index contributed by atoms with van der Waals surface area (Å²) in [5.41, 5.74) is 1.94. The van der Waals surface area contributed by atoms with Crippen molar-refractivity contribution in [3.05, 3.63) is 69.7 Å². The van der Waals surface area contributed by atoms with Crippen LogP contribution >= 0.6 is 23.2 Å². The zero-order valence-corrected chi connectivity index (χ0v) is 33.8. The van der Waals surface area contributed by atoms with Crippen molar-refractivity contribution in [2.75, 3.05) is 13.7 Å². The number of piperidine rings is 1. The second-order valence-corrected chi connectivity index (χ2v) is 23.9. The van der Waals surface area contributed by atoms with Gasteiger partial charge in [0, 0.05) is 35.0 Å². The van der Waals surface area contributed by atoms with Gasteiger partial charge in [0.05, 0.1) is 16.2 Å². The van der Waals surface area contributed by atoms with Gasteiger partial charge in [-0.05, 0) is 97.6 Å². The van der Waals surface area contributed by atoms with Crippen LogP contribution in [0.2, 0.25) is 26.7 Å². The van der Waals surface area contributed by atoms with Gasteiger partial charge >= 0.3 is 0 Å². The molecule has 2 aromatic carbocycles. The number of nitrogens with one attached hydrogen (secondary N) is 1. The maximum Gasteiger partial charge on any atom is 0.230 e. The maximum atomic E-state index is 15.4. The number of hydrogen-bond acceptors (Lipinski definition) is 5. The standard InChI is InChI=1S/C38H56Cl2N2O5SSi/c1-9-33(24-38(17-18-38)48(45,46)41-8)42-35(29-13-15-31(39)16-14-29)34(30-11-10-12-32(40)23-30)25-37(19-21-43,36(42)44)20-22-47-49(26(2)3,27(4)5)28(6)7/h10-16,21,23,26-28,33-35,41H,9,17-20,22,24-25H2,1-8H3/t33-,34+,35+,37-/m0/s1. The first kappa shape index (κ1) is 40.0. The number of halogens is 2. The van der Waals surface area contributed by atoms with Crippen LogP contribution in [0.5, 0.6) is 0 Å². The minimum Gasteiger partial charge on any atom is -0.416 e. The first-order chi connectivity index (χ1) is 23.0. The Kier molecular flexibility index (Phi) is 13.0. The van der Waals surface area contributed by atoms with Crippen LogP contribution in [-0.4, -0.2) is 58.3 Å². The monoisotopic (exact) mass is 750 g/mol. The summed E-state index contributed by atoms with van der Waals surface area (Å²) in [6.45, 7) is 15.8. The van der Waals surface area contributed by atoms with Crippen LogP contribution in [0, 0.1) is 5.41 Å². The summed E-state index contributed by atoms with van der Waals surface area (Å²) in [6.07, 6.45) is 3.68. The van der Waals surface area contributed by atoms with E-state index in [-0.39, 0.29) is 18.2 Å². The molecule has 1 aliphatic heterocycles. The molecule has 1 amide bonds. The van der Waals surface area contributed by atoms with Gasteiger partial charge in [0.1, 0.15) is 6.29 Å². The zero-order chi connectivity index (χ0) is 36.4. The number of nitrogens with zero attached hydrogens (tertiary/aromatic N) is 1. The number of rotatable bonds is 17. The summed E-state index contributed by atoms with van der Waals surface area (Å²) in [6, 6.07) is 14.5. The smallest absolute Gasteiger partial charge is 0.230 e. The number of carbonyl (C=O) groups is 2. The fourth-order valence-electron chi connectivity index (χ4n) is 9.07. The molecule has 1 N–H and O–H groups in total. The lowest BCUT2D eigenvalue weighted by Gasteiger charge is -2.53. The van der Waals surface area contributed by atoms with Crippen molar-refractivity contribution < 1.29 is 22.4 Å². The predicted octanol–water partition coefficient (Wildman–Crippen LogP) is 9.46. The Morgan fingerprint density at radius 3 is 2.08 bits per heavy atom. The van der Waals surface area contributed by atoms with Crippen LogP contribution in [0.25, 0.3) is 0 Å². The van der Waals surface area contributed by atoms with E-state index in [9.17, 15) is 13.2 Å². The van der Waals surface area contributed by atoms with Gasteiger partial charge in [-0.2, -0.15) is 0 Å². The number of likely N-dealkylation sites (tertiary alicyclic amines) is 1. The molecule has 0 spiro atoms. The highest BCUT2D eigenvalue weighted by molar-refractivity contribution is 7.91. The van der Waals surface area contributed by atoms with E-state index in [4.69, 9.17) is 27.6 Å². The van der Waals surface area contributed by atoms with E-state index in [1.807, 2.05) is 60.4 Å². The molecule has 0 aromatic heterocycles. The fourth-order valence-corrected chi connectivity index (χ4v) is 16.3. The molecule has 11 heteroatoms. The van der Waals surface area contributed by atoms with Crippen LogP contribution in [0.1, 0.15) is 116 Å². The van der Waals surface area contributed by atoms with Gasteiger partial charge < -0.3 is 14.1 Å². The largest absolute Gasteiger partial charge is 0.416 e. The SMILES string of the molecule is CC[C@@H](CC1(S(=O)(=O)NC)CC1)N1C(=O)[C@@](CC=O)(CCO[Si](C(C)C)(C(C)C)C(C)C)C[C@H](c2cccc(Cl)c2)[C@H]1c1ccc(Cl)cc1. The maximum absolute atomic E-state index is 15.4. The molecule has 1 heterocycles. The number of sulfonamides is 1. The molecular formula is C38H56Cl2N2O5SSi. The average Bonchev–Trinajstić information content (AvgIpc) is 3.84. The molecule has 7 nitrogen and oxygen atoms in total. The van der Waals surface area contributed by atoms with E-state index < -0.39 is 40.6 Å². The number of benzene rings is 2. The van der Waals surface area contributed by atoms with Gasteiger partial charge in [0.25, 0.3) is 0 Å². The fraction of sp³-hybridized carbons (Fsp3) is 0.632. The van der Waals surface area contributed by atoms with Crippen LogP contribution in [0.4, 0.5) is 0 Å². The van der Waals surface area contributed by atoms with Crippen molar-refractivity contribution in [3.8, 4) is 0 Å². The Bertz CT molecular complexity index is 1540. The van der Waals surface area contributed by atoms with E-state index in [1.54, 1.807) is 0 Å². The quantitative estimate of drug-likeness (QED) is 0.129. The van der Waals surface area contributed by atoms with E-state index in [0.717, 1.165) is 17.4 Å². The third-order valence-corrected chi connectivity index (χ3v) is 20.6. The van der Waals surface area contributed by atoms with E-state index in [2.05, 4.69) is 46.3 Å². The van der Waals surface area contributed by atoms with E-state index in [1.165, 1.54) is 7.05 Å². The molecule has 0 unspecified atom stereocenters. The van der Waals surface area contributed by atoms with Crippen LogP contribution in [0.3, 0.4) is 0 Å². The Hall–Kier alpha value is -1.75. The first-order valence-electron chi connectivity index (χ1n) is 17.9. The molecule has 1 saturated carbocycles. The molecular weight excluding hydrogens is 695 g/mol. The van der Waals surface area contributed by atoms with Crippen LogP contribution in [-0.2, 0) is 24.0 Å². The van der Waals surface area contributed by atoms with Crippen LogP contribution < -0.4 is 4.72 Å². The normalized spacial score (nSPS) is 23.4. The summed E-state index contributed by atoms with van der Waals surface area (Å²) in [4.78, 5) is 30.0. The van der Waals surface area contributed by atoms with E-state index in [0.29, 0.717) is 71.8 Å². The zero-order valence-electron chi connectivity index (χ0n) is 30.5. The predicted molar refractivity (Wildman–Crippen MR) is 203 cm³/mol. The van der Waals surface area contributed by atoms with Gasteiger partial charge in [-0.1, -0.05) is 95.9 Å². The lowest BCUT2D eigenvalue weighted by molar-refractivity contribution is -0.159. The summed E-state index contributed by atoms with van der Waals surface area (Å²) in [5.74, 6) is -0.346. The molecule has 1 saturated heterocycles. The first-order valence-corrected chi connectivity index (χ1v) is 22.3. The highest BCUT2D eigenvalue weighted by atomic mass is 35.5. The number of amides is 1. The summed E-state index contributed by atoms with van der Waals surface area (Å²) in [7, 11) is -4.40. The van der Waals surface area contributed by atoms with Crippen molar-refractivity contribution in [2.24, 2.45) is 5.41 Å². The van der Waals surface area contributed by atoms with Crippen molar-refractivity contribution in [1.29, 1.82) is 0 Å². The molecule has 4 rings (SSSR count). The van der Waals surface area contributed by atoms with Crippen molar-refractivity contribution >= 4 is 53.7 Å². The van der Waals surface area contributed by atoms with Gasteiger partial charge in [-0.3, -0.25) is 4.79 Å². The van der Waals surface area contributed by atoms with Crippen molar-refractivity contribution in [1.82, 2.24) is 9.62 Å². The Balaban J connectivity index is 1.90. The lowest BCUT2D eigenvalue weighted by Crippen LogP contribution is -2.58. The number of aldehydes is 1. The minimum atomic E-state index is -3.60. The van der Waals surface area contributed by atoms with E-state index >= 15 is 4.79 Å². The van der Waals surface area contributed by atoms with Gasteiger partial charge in [-0.15, -0.1) is 0 Å². The molecule has 4 atom stereocenters. The lowest BCUT2D eigenvalue weighted by atomic mass is 9.64. The average molecular weight is 752 g/mol. The molecule has 2 aromatic rings. The summed E-state index contributed by atoms with van der Waals surface area (Å²) < 4.78 is 35.3. The van der Waals surface area contributed by atoms with Gasteiger partial charge in [-0.25, -0.2) is 13.1 Å². The molecule has 1 aliphatic carbocycles. The Morgan fingerprint density at radius 2 is 1.59 bits per heavy atom. The Labute approximate surface area is 306 Å². The highest BCUT2D eigenvalue weighted by Crippen LogP contribution is 2.56. The van der Waals surface area contributed by atoms with Gasteiger partial charge in [0.15, 0.2) is 8.32 Å². The molecule has 2 aliphatic rings. The number of carbonyl (C=O) groups excluding carboxylic acids is 2. The molecule has 272 valence electrons. The third kappa shape index (κ3) is 7.87. The van der Waals surface area contributed by atoms with Crippen LogP contribution in [0.15, 0.2) is 48.5 Å². The third-order valence-electron chi connectivity index (χ3n) is 11.7. The second kappa shape index (κ2) is 15.9. The molecule has 2 fully saturated rings. The topological polar surface area (TPSA) is 92.8 Å². The second-order valence-electron chi connectivity index (χ2n) is 15.3. The summed E-state index contributed by atoms with van der Waals surface area (Å²) >= 11 is 13.0. The van der Waals surface area contributed by atoms with Crippen molar-refractivity contribution in [2.45, 2.75) is 133 Å². The molecule has 49 heavy (non-hydrogen) atoms.